The predicted molar refractivity (Wildman–Crippen MR) is 149 cm³/mol. The molecule has 0 aliphatic carbocycles. The molecule has 36 heavy (non-hydrogen) atoms. The first-order valence-corrected chi connectivity index (χ1v) is 12.8. The Morgan fingerprint density at radius 2 is 1.64 bits per heavy atom. The number of carbonyl (C=O) groups is 2. The van der Waals surface area contributed by atoms with Crippen molar-refractivity contribution in [1.82, 2.24) is 5.43 Å². The molecule has 0 bridgehead atoms. The molecule has 3 aromatic rings. The van der Waals surface area contributed by atoms with Gasteiger partial charge >= 0.3 is 0 Å². The molecule has 0 aliphatic rings. The third kappa shape index (κ3) is 7.41. The van der Waals surface area contributed by atoms with Crippen LogP contribution in [0.3, 0.4) is 0 Å². The van der Waals surface area contributed by atoms with Crippen molar-refractivity contribution < 1.29 is 19.1 Å². The summed E-state index contributed by atoms with van der Waals surface area (Å²) in [6, 6.07) is 14.6. The number of hydrogen-bond acceptors (Lipinski definition) is 5. The lowest BCUT2D eigenvalue weighted by atomic mass is 10.1. The Morgan fingerprint density at radius 1 is 0.944 bits per heavy atom. The number of aryl methyl sites for hydroxylation is 3. The van der Waals surface area contributed by atoms with E-state index in [1.165, 1.54) is 6.21 Å². The molecule has 0 aliphatic heterocycles. The van der Waals surface area contributed by atoms with E-state index in [-0.39, 0.29) is 18.4 Å². The molecule has 2 amide bonds. The molecule has 3 rings (SSSR count). The zero-order valence-corrected chi connectivity index (χ0v) is 23.6. The molecule has 0 saturated carbocycles. The fourth-order valence-electron chi connectivity index (χ4n) is 3.20. The highest BCUT2D eigenvalue weighted by molar-refractivity contribution is 9.11. The summed E-state index contributed by atoms with van der Waals surface area (Å²) in [5.41, 5.74) is 7.65. The molecular formula is C27H27Br2N3O4. The van der Waals surface area contributed by atoms with Crippen molar-refractivity contribution in [3.63, 3.8) is 0 Å². The number of rotatable bonds is 9. The Bertz CT molecular complexity index is 1290. The van der Waals surface area contributed by atoms with E-state index < -0.39 is 0 Å². The second kappa shape index (κ2) is 12.7. The molecule has 9 heteroatoms. The molecule has 0 radical (unpaired) electrons. The van der Waals surface area contributed by atoms with Gasteiger partial charge in [0.2, 0.25) is 0 Å². The van der Waals surface area contributed by atoms with Crippen molar-refractivity contribution in [1.29, 1.82) is 0 Å². The highest BCUT2D eigenvalue weighted by Gasteiger charge is 2.15. The maximum atomic E-state index is 12.5. The first-order valence-electron chi connectivity index (χ1n) is 11.2. The summed E-state index contributed by atoms with van der Waals surface area (Å²) < 4.78 is 12.9. The highest BCUT2D eigenvalue weighted by Crippen LogP contribution is 2.36. The minimum Gasteiger partial charge on any atom is -0.490 e. The van der Waals surface area contributed by atoms with Crippen LogP contribution in [-0.2, 0) is 4.79 Å². The molecule has 188 valence electrons. The molecular weight excluding hydrogens is 590 g/mol. The lowest BCUT2D eigenvalue weighted by Crippen LogP contribution is -2.21. The van der Waals surface area contributed by atoms with E-state index in [0.717, 1.165) is 21.2 Å². The van der Waals surface area contributed by atoms with Crippen LogP contribution in [0.2, 0.25) is 0 Å². The minimum absolute atomic E-state index is 0.210. The number of hydrogen-bond donors (Lipinski definition) is 2. The van der Waals surface area contributed by atoms with E-state index >= 15 is 0 Å². The molecule has 0 saturated heterocycles. The van der Waals surface area contributed by atoms with Crippen molar-refractivity contribution in [2.24, 2.45) is 5.10 Å². The van der Waals surface area contributed by atoms with Crippen LogP contribution in [0.15, 0.2) is 62.6 Å². The maximum Gasteiger partial charge on any atom is 0.271 e. The van der Waals surface area contributed by atoms with E-state index in [1.54, 1.807) is 24.3 Å². The van der Waals surface area contributed by atoms with Crippen LogP contribution >= 0.6 is 31.9 Å². The van der Waals surface area contributed by atoms with Crippen LogP contribution in [0, 0.1) is 20.8 Å². The second-order valence-corrected chi connectivity index (χ2v) is 9.79. The summed E-state index contributed by atoms with van der Waals surface area (Å²) >= 11 is 6.97. The average molecular weight is 617 g/mol. The van der Waals surface area contributed by atoms with Crippen molar-refractivity contribution >= 4 is 55.6 Å². The number of benzene rings is 3. The van der Waals surface area contributed by atoms with Crippen molar-refractivity contribution in [3.05, 3.63) is 85.3 Å². The smallest absolute Gasteiger partial charge is 0.271 e. The topological polar surface area (TPSA) is 89.0 Å². The van der Waals surface area contributed by atoms with Crippen LogP contribution in [0.5, 0.6) is 11.5 Å². The number of nitrogens with zero attached hydrogens (tertiary/aromatic N) is 1. The molecule has 0 heterocycles. The van der Waals surface area contributed by atoms with Crippen LogP contribution < -0.4 is 20.2 Å². The Labute approximate surface area is 227 Å². The Morgan fingerprint density at radius 3 is 2.33 bits per heavy atom. The summed E-state index contributed by atoms with van der Waals surface area (Å²) in [7, 11) is 0. The summed E-state index contributed by atoms with van der Waals surface area (Å²) in [5, 5.41) is 6.90. The SMILES string of the molecule is CCOc1cc(/C=N/NC(=O)c2ccc(C)cc2)cc(Br)c1OCC(=O)Nc1cc(C)c(C)cc1Br. The van der Waals surface area contributed by atoms with E-state index in [4.69, 9.17) is 9.47 Å². The molecule has 0 unspecified atom stereocenters. The molecule has 2 N–H and O–H groups in total. The largest absolute Gasteiger partial charge is 0.490 e. The summed E-state index contributed by atoms with van der Waals surface area (Å²) in [4.78, 5) is 24.8. The van der Waals surface area contributed by atoms with Gasteiger partial charge in [-0.1, -0.05) is 17.7 Å². The van der Waals surface area contributed by atoms with Crippen molar-refractivity contribution in [2.75, 3.05) is 18.5 Å². The van der Waals surface area contributed by atoms with Gasteiger partial charge in [0.25, 0.3) is 11.8 Å². The minimum atomic E-state index is -0.309. The monoisotopic (exact) mass is 615 g/mol. The number of ether oxygens (including phenoxy) is 2. The number of nitrogens with one attached hydrogen (secondary N) is 2. The molecule has 0 atom stereocenters. The normalized spacial score (nSPS) is 10.8. The average Bonchev–Trinajstić information content (AvgIpc) is 2.82. The molecule has 0 spiro atoms. The van der Waals surface area contributed by atoms with Crippen LogP contribution in [-0.4, -0.2) is 31.2 Å². The fourth-order valence-corrected chi connectivity index (χ4v) is 4.33. The van der Waals surface area contributed by atoms with Crippen LogP contribution in [0.25, 0.3) is 0 Å². The van der Waals surface area contributed by atoms with Gasteiger partial charge in [-0.15, -0.1) is 0 Å². The standard InChI is InChI=1S/C27H27Br2N3O4/c1-5-35-24-13-19(14-30-32-27(34)20-8-6-16(2)7-9-20)12-22(29)26(24)36-15-25(33)31-23-11-18(4)17(3)10-21(23)28/h6-14H,5,15H2,1-4H3,(H,31,33)(H,32,34)/b30-14+. The maximum absolute atomic E-state index is 12.5. The Hall–Kier alpha value is -3.17. The van der Waals surface area contributed by atoms with Crippen molar-refractivity contribution in [2.45, 2.75) is 27.7 Å². The van der Waals surface area contributed by atoms with Gasteiger partial charge in [0, 0.05) is 10.0 Å². The van der Waals surface area contributed by atoms with Crippen molar-refractivity contribution in [3.8, 4) is 11.5 Å². The van der Waals surface area contributed by atoms with Gasteiger partial charge in [0.05, 0.1) is 23.0 Å². The van der Waals surface area contributed by atoms with E-state index in [1.807, 2.05) is 52.0 Å². The number of amides is 2. The quantitative estimate of drug-likeness (QED) is 0.218. The molecule has 3 aromatic carbocycles. The van der Waals surface area contributed by atoms with Gasteiger partial charge in [0.1, 0.15) is 0 Å². The van der Waals surface area contributed by atoms with E-state index in [2.05, 4.69) is 47.7 Å². The Balaban J connectivity index is 1.67. The van der Waals surface area contributed by atoms with E-state index in [0.29, 0.717) is 39.4 Å². The zero-order valence-electron chi connectivity index (χ0n) is 20.4. The number of carbonyl (C=O) groups excluding carboxylic acids is 2. The van der Waals surface area contributed by atoms with Gasteiger partial charge in [-0.2, -0.15) is 5.10 Å². The first kappa shape index (κ1) is 27.4. The molecule has 0 fully saturated rings. The number of anilines is 1. The Kier molecular flexibility index (Phi) is 9.66. The summed E-state index contributed by atoms with van der Waals surface area (Å²) in [6.07, 6.45) is 1.51. The van der Waals surface area contributed by atoms with Crippen LogP contribution in [0.4, 0.5) is 5.69 Å². The van der Waals surface area contributed by atoms with Gasteiger partial charge < -0.3 is 14.8 Å². The second-order valence-electron chi connectivity index (χ2n) is 8.08. The predicted octanol–water partition coefficient (Wildman–Crippen LogP) is 6.32. The first-order chi connectivity index (χ1) is 17.2. The van der Waals surface area contributed by atoms with Gasteiger partial charge in [-0.3, -0.25) is 9.59 Å². The zero-order chi connectivity index (χ0) is 26.2. The summed E-state index contributed by atoms with van der Waals surface area (Å²) in [5.74, 6) is 0.222. The lowest BCUT2D eigenvalue weighted by molar-refractivity contribution is -0.118. The van der Waals surface area contributed by atoms with E-state index in [9.17, 15) is 9.59 Å². The molecule has 7 nitrogen and oxygen atoms in total. The van der Waals surface area contributed by atoms with Gasteiger partial charge in [-0.25, -0.2) is 5.43 Å². The third-order valence-corrected chi connectivity index (χ3v) is 6.48. The number of hydrazone groups is 1. The van der Waals surface area contributed by atoms with Crippen LogP contribution in [0.1, 0.15) is 39.5 Å². The fraction of sp³-hybridized carbons (Fsp3) is 0.222. The van der Waals surface area contributed by atoms with Gasteiger partial charge in [0.15, 0.2) is 18.1 Å². The number of halogens is 2. The third-order valence-electron chi connectivity index (χ3n) is 5.23. The summed E-state index contributed by atoms with van der Waals surface area (Å²) in [6.45, 7) is 7.99. The molecule has 0 aromatic heterocycles. The highest BCUT2D eigenvalue weighted by atomic mass is 79.9. The lowest BCUT2D eigenvalue weighted by Gasteiger charge is -2.15. The van der Waals surface area contributed by atoms with Gasteiger partial charge in [-0.05, 0) is 113 Å².